The quantitative estimate of drug-likeness (QED) is 0.499. The molecule has 1 fully saturated rings. The number of ether oxygens (including phenoxy) is 3. The number of aromatic nitrogens is 4. The summed E-state index contributed by atoms with van der Waals surface area (Å²) < 4.78 is 31.8. The van der Waals surface area contributed by atoms with Gasteiger partial charge in [0.2, 0.25) is 11.8 Å². The van der Waals surface area contributed by atoms with Crippen molar-refractivity contribution in [1.29, 1.82) is 0 Å². The van der Waals surface area contributed by atoms with Gasteiger partial charge in [-0.1, -0.05) is 6.07 Å². The molecule has 0 unspecified atom stereocenters. The zero-order valence-corrected chi connectivity index (χ0v) is 20.2. The number of halogens is 1. The monoisotopic (exact) mass is 483 g/mol. The van der Waals surface area contributed by atoms with Crippen LogP contribution in [0, 0.1) is 12.7 Å². The molecule has 1 saturated heterocycles. The highest BCUT2D eigenvalue weighted by Gasteiger charge is 2.26. The Morgan fingerprint density at radius 1 is 1.17 bits per heavy atom. The van der Waals surface area contributed by atoms with Gasteiger partial charge in [0.05, 0.1) is 11.7 Å². The molecule has 4 rings (SSSR count). The molecule has 0 aliphatic carbocycles. The second kappa shape index (κ2) is 11.2. The highest BCUT2D eigenvalue weighted by atomic mass is 19.1. The van der Waals surface area contributed by atoms with Crippen LogP contribution in [0.3, 0.4) is 0 Å². The summed E-state index contributed by atoms with van der Waals surface area (Å²) in [6, 6.07) is 4.89. The Morgan fingerprint density at radius 3 is 2.63 bits per heavy atom. The average molecular weight is 484 g/mol. The van der Waals surface area contributed by atoms with Crippen molar-refractivity contribution in [3.63, 3.8) is 0 Å². The minimum Gasteiger partial charge on any atom is -0.474 e. The maximum absolute atomic E-state index is 14.7. The van der Waals surface area contributed by atoms with Crippen LogP contribution >= 0.6 is 0 Å². The van der Waals surface area contributed by atoms with E-state index >= 15 is 0 Å². The van der Waals surface area contributed by atoms with E-state index in [9.17, 15) is 9.18 Å². The second-order valence-corrected chi connectivity index (χ2v) is 8.75. The fourth-order valence-electron chi connectivity index (χ4n) is 3.82. The molecule has 10 heteroatoms. The second-order valence-electron chi connectivity index (χ2n) is 8.75. The van der Waals surface area contributed by atoms with E-state index in [1.807, 2.05) is 19.9 Å². The van der Waals surface area contributed by atoms with Crippen LogP contribution in [0.1, 0.15) is 43.6 Å². The number of aromatic amines is 1. The lowest BCUT2D eigenvalue weighted by molar-refractivity contribution is 0.0505. The van der Waals surface area contributed by atoms with Crippen molar-refractivity contribution < 1.29 is 23.4 Å². The third-order valence-electron chi connectivity index (χ3n) is 5.71. The van der Waals surface area contributed by atoms with E-state index in [4.69, 9.17) is 14.2 Å². The third kappa shape index (κ3) is 6.46. The minimum atomic E-state index is -0.469. The first-order valence-corrected chi connectivity index (χ1v) is 11.8. The summed E-state index contributed by atoms with van der Waals surface area (Å²) in [6.45, 7) is 6.51. The lowest BCUT2D eigenvalue weighted by Gasteiger charge is -2.31. The van der Waals surface area contributed by atoms with Crippen molar-refractivity contribution in [2.45, 2.75) is 58.7 Å². The molecule has 1 N–H and O–H groups in total. The number of benzene rings is 1. The standard InChI is InChI=1S/C25H30FN5O4/c1-16(2)33-25(32)31-12-8-19(9-13-31)34-23-17(3)24(30-15-29-23)35-21-6-4-18(14-20(21)26)5-7-22-27-10-11-28-22/h4,6,10-11,14-16,19H,5,7-9,12-13H2,1-3H3,(H,27,28). The number of nitrogens with zero attached hydrogens (tertiary/aromatic N) is 4. The highest BCUT2D eigenvalue weighted by Crippen LogP contribution is 2.31. The molecule has 1 aromatic carbocycles. The first-order valence-electron chi connectivity index (χ1n) is 11.8. The molecule has 1 aliphatic rings. The lowest BCUT2D eigenvalue weighted by atomic mass is 10.1. The molecule has 1 amide bonds. The molecule has 0 spiro atoms. The maximum atomic E-state index is 14.7. The van der Waals surface area contributed by atoms with Gasteiger partial charge in [0.25, 0.3) is 0 Å². The van der Waals surface area contributed by atoms with E-state index in [1.165, 1.54) is 12.4 Å². The van der Waals surface area contributed by atoms with Gasteiger partial charge in [-0.15, -0.1) is 0 Å². The van der Waals surface area contributed by atoms with Gasteiger partial charge in [0, 0.05) is 44.7 Å². The van der Waals surface area contributed by atoms with Gasteiger partial charge < -0.3 is 24.1 Å². The Morgan fingerprint density at radius 2 is 1.94 bits per heavy atom. The number of nitrogens with one attached hydrogen (secondary N) is 1. The zero-order chi connectivity index (χ0) is 24.8. The van der Waals surface area contributed by atoms with Gasteiger partial charge in [0.1, 0.15) is 18.3 Å². The lowest BCUT2D eigenvalue weighted by Crippen LogP contribution is -2.42. The number of imidazole rings is 1. The van der Waals surface area contributed by atoms with Gasteiger partial charge in [-0.25, -0.2) is 24.1 Å². The van der Waals surface area contributed by atoms with Crippen LogP contribution in [-0.2, 0) is 17.6 Å². The van der Waals surface area contributed by atoms with Crippen LogP contribution in [0.4, 0.5) is 9.18 Å². The number of hydrogen-bond acceptors (Lipinski definition) is 7. The number of aryl methyl sites for hydroxylation is 2. The maximum Gasteiger partial charge on any atom is 0.410 e. The number of piperidine rings is 1. The molecule has 1 aliphatic heterocycles. The molecule has 2 aromatic heterocycles. The van der Waals surface area contributed by atoms with Crippen LogP contribution in [0.15, 0.2) is 36.9 Å². The summed E-state index contributed by atoms with van der Waals surface area (Å²) in [7, 11) is 0. The molecular formula is C25H30FN5O4. The third-order valence-corrected chi connectivity index (χ3v) is 5.71. The molecule has 0 bridgehead atoms. The Labute approximate surface area is 203 Å². The summed E-state index contributed by atoms with van der Waals surface area (Å²) in [6.07, 6.45) is 6.89. The van der Waals surface area contributed by atoms with Gasteiger partial charge in [0.15, 0.2) is 11.6 Å². The highest BCUT2D eigenvalue weighted by molar-refractivity contribution is 5.67. The van der Waals surface area contributed by atoms with Crippen LogP contribution < -0.4 is 9.47 Å². The SMILES string of the molecule is Cc1c(Oc2ccc(CCc3ncc[nH]3)cc2F)ncnc1OC1CCN(C(=O)OC(C)C)CC1. The molecule has 186 valence electrons. The molecular weight excluding hydrogens is 453 g/mol. The molecule has 35 heavy (non-hydrogen) atoms. The van der Waals surface area contributed by atoms with E-state index < -0.39 is 5.82 Å². The minimum absolute atomic E-state index is 0.0801. The largest absolute Gasteiger partial charge is 0.474 e. The molecule has 3 heterocycles. The smallest absolute Gasteiger partial charge is 0.410 e. The van der Waals surface area contributed by atoms with Crippen LogP contribution in [-0.4, -0.2) is 56.2 Å². The van der Waals surface area contributed by atoms with Crippen molar-refractivity contribution in [2.24, 2.45) is 0 Å². The van der Waals surface area contributed by atoms with Crippen LogP contribution in [0.5, 0.6) is 17.5 Å². The van der Waals surface area contributed by atoms with E-state index in [-0.39, 0.29) is 29.9 Å². The topological polar surface area (TPSA) is 102 Å². The summed E-state index contributed by atoms with van der Waals surface area (Å²) >= 11 is 0. The van der Waals surface area contributed by atoms with Gasteiger partial charge >= 0.3 is 6.09 Å². The van der Waals surface area contributed by atoms with E-state index in [0.717, 1.165) is 11.4 Å². The fourth-order valence-corrected chi connectivity index (χ4v) is 3.82. The summed E-state index contributed by atoms with van der Waals surface area (Å²) in [4.78, 5) is 29.4. The van der Waals surface area contributed by atoms with Crippen molar-refractivity contribution in [3.8, 4) is 17.5 Å². The fraction of sp³-hybridized carbons (Fsp3) is 0.440. The van der Waals surface area contributed by atoms with Gasteiger partial charge in [-0.05, 0) is 44.9 Å². The Balaban J connectivity index is 1.35. The number of hydrogen-bond donors (Lipinski definition) is 1. The number of rotatable bonds is 8. The number of carbonyl (C=O) groups is 1. The molecule has 0 atom stereocenters. The van der Waals surface area contributed by atoms with Crippen molar-refractivity contribution in [3.05, 3.63) is 59.7 Å². The molecule has 9 nitrogen and oxygen atoms in total. The van der Waals surface area contributed by atoms with Crippen molar-refractivity contribution in [2.75, 3.05) is 13.1 Å². The number of amides is 1. The van der Waals surface area contributed by atoms with Crippen molar-refractivity contribution >= 4 is 6.09 Å². The van der Waals surface area contributed by atoms with Crippen molar-refractivity contribution in [1.82, 2.24) is 24.8 Å². The predicted molar refractivity (Wildman–Crippen MR) is 126 cm³/mol. The zero-order valence-electron chi connectivity index (χ0n) is 20.2. The van der Waals surface area contributed by atoms with E-state index in [0.29, 0.717) is 50.2 Å². The van der Waals surface area contributed by atoms with Gasteiger partial charge in [-0.3, -0.25) is 0 Å². The molecule has 0 saturated carbocycles. The van der Waals surface area contributed by atoms with E-state index in [1.54, 1.807) is 30.3 Å². The first-order chi connectivity index (χ1) is 16.9. The average Bonchev–Trinajstić information content (AvgIpc) is 3.35. The summed E-state index contributed by atoms with van der Waals surface area (Å²) in [5.74, 6) is 1.08. The Bertz CT molecular complexity index is 1130. The molecule has 3 aromatic rings. The Hall–Kier alpha value is -3.69. The Kier molecular flexibility index (Phi) is 7.79. The van der Waals surface area contributed by atoms with Crippen LogP contribution in [0.2, 0.25) is 0 Å². The number of carbonyl (C=O) groups excluding carboxylic acids is 1. The first kappa shape index (κ1) is 24.4. The molecule has 0 radical (unpaired) electrons. The van der Waals surface area contributed by atoms with Gasteiger partial charge in [-0.2, -0.15) is 0 Å². The summed E-state index contributed by atoms with van der Waals surface area (Å²) in [5, 5.41) is 0. The predicted octanol–water partition coefficient (Wildman–Crippen LogP) is 4.61. The summed E-state index contributed by atoms with van der Waals surface area (Å²) in [5.41, 5.74) is 1.42. The number of H-pyrrole nitrogens is 1. The normalized spacial score (nSPS) is 14.3. The van der Waals surface area contributed by atoms with E-state index in [2.05, 4.69) is 19.9 Å². The van der Waals surface area contributed by atoms with Crippen LogP contribution in [0.25, 0.3) is 0 Å². The number of likely N-dealkylation sites (tertiary alicyclic amines) is 1.